The van der Waals surface area contributed by atoms with E-state index in [0.29, 0.717) is 19.5 Å². The minimum absolute atomic E-state index is 0.137. The Bertz CT molecular complexity index is 518. The summed E-state index contributed by atoms with van der Waals surface area (Å²) in [6, 6.07) is 6.17. The quantitative estimate of drug-likeness (QED) is 0.361. The van der Waals surface area contributed by atoms with Gasteiger partial charge in [-0.3, -0.25) is 4.79 Å². The maximum atomic E-state index is 11.4. The molecule has 21 heavy (non-hydrogen) atoms. The minimum atomic E-state index is -0.889. The molecule has 1 aromatic rings. The molecule has 0 aliphatic heterocycles. The van der Waals surface area contributed by atoms with Gasteiger partial charge in [0, 0.05) is 6.54 Å². The number of hydrogen-bond donors (Lipinski definition) is 3. The van der Waals surface area contributed by atoms with Crippen LogP contribution in [0.2, 0.25) is 0 Å². The lowest BCUT2D eigenvalue weighted by Gasteiger charge is -2.09. The Balaban J connectivity index is 2.43. The standard InChI is InChI=1S/C13H17N3O5/c14-6-3-7-16-13(19)21-11(17)8-20-10-5-2-1-4-9(10)12(15)18/h1-2,4-5H,3,6-8,14H2,(H2,15,18)(H,16,19). The number of carbonyl (C=O) groups is 3. The van der Waals surface area contributed by atoms with Crippen LogP contribution in [0.1, 0.15) is 16.8 Å². The van der Waals surface area contributed by atoms with Crippen molar-refractivity contribution in [3.05, 3.63) is 29.8 Å². The average molecular weight is 295 g/mol. The van der Waals surface area contributed by atoms with Gasteiger partial charge in [-0.15, -0.1) is 0 Å². The number of carbonyl (C=O) groups excluding carboxylic acids is 3. The van der Waals surface area contributed by atoms with Crippen LogP contribution < -0.4 is 21.5 Å². The summed E-state index contributed by atoms with van der Waals surface area (Å²) in [5, 5.41) is 2.35. The summed E-state index contributed by atoms with van der Waals surface area (Å²) in [4.78, 5) is 33.7. The van der Waals surface area contributed by atoms with Crippen molar-refractivity contribution in [2.75, 3.05) is 19.7 Å². The number of alkyl carbamates (subject to hydrolysis) is 1. The Morgan fingerprint density at radius 3 is 2.57 bits per heavy atom. The Morgan fingerprint density at radius 1 is 1.19 bits per heavy atom. The summed E-state index contributed by atoms with van der Waals surface area (Å²) in [7, 11) is 0. The third-order valence-corrected chi connectivity index (χ3v) is 2.35. The molecule has 8 nitrogen and oxygen atoms in total. The number of nitrogens with one attached hydrogen (secondary N) is 1. The van der Waals surface area contributed by atoms with E-state index in [2.05, 4.69) is 10.1 Å². The fraction of sp³-hybridized carbons (Fsp3) is 0.308. The van der Waals surface area contributed by atoms with Crippen molar-refractivity contribution in [2.45, 2.75) is 6.42 Å². The van der Waals surface area contributed by atoms with Crippen LogP contribution in [-0.2, 0) is 9.53 Å². The van der Waals surface area contributed by atoms with Gasteiger partial charge in [0.15, 0.2) is 6.61 Å². The minimum Gasteiger partial charge on any atom is -0.481 e. The Morgan fingerprint density at radius 2 is 1.90 bits per heavy atom. The smallest absolute Gasteiger partial charge is 0.414 e. The number of esters is 1. The molecule has 5 N–H and O–H groups in total. The van der Waals surface area contributed by atoms with Gasteiger partial charge in [-0.2, -0.15) is 0 Å². The molecule has 0 radical (unpaired) electrons. The van der Waals surface area contributed by atoms with Crippen LogP contribution in [-0.4, -0.2) is 37.7 Å². The molecule has 1 rings (SSSR count). The fourth-order valence-corrected chi connectivity index (χ4v) is 1.39. The van der Waals surface area contributed by atoms with Crippen LogP contribution in [0.25, 0.3) is 0 Å². The zero-order chi connectivity index (χ0) is 15.7. The molecule has 0 spiro atoms. The summed E-state index contributed by atoms with van der Waals surface area (Å²) < 4.78 is 9.56. The first-order chi connectivity index (χ1) is 10.0. The summed E-state index contributed by atoms with van der Waals surface area (Å²) in [5.41, 5.74) is 10.5. The van der Waals surface area contributed by atoms with Crippen molar-refractivity contribution < 1.29 is 23.9 Å². The highest BCUT2D eigenvalue weighted by atomic mass is 16.6. The molecule has 114 valence electrons. The van der Waals surface area contributed by atoms with Crippen LogP contribution in [0.4, 0.5) is 4.79 Å². The van der Waals surface area contributed by atoms with E-state index in [9.17, 15) is 14.4 Å². The molecular formula is C13H17N3O5. The van der Waals surface area contributed by atoms with Gasteiger partial charge in [-0.05, 0) is 25.1 Å². The van der Waals surface area contributed by atoms with Crippen molar-refractivity contribution in [1.29, 1.82) is 0 Å². The number of rotatable bonds is 7. The van der Waals surface area contributed by atoms with E-state index in [1.165, 1.54) is 12.1 Å². The predicted octanol–water partition coefficient (Wildman–Crippen LogP) is -0.234. The largest absolute Gasteiger partial charge is 0.481 e. The van der Waals surface area contributed by atoms with Crippen LogP contribution in [0.15, 0.2) is 24.3 Å². The second-order valence-electron chi connectivity index (χ2n) is 3.98. The molecule has 0 unspecified atom stereocenters. The molecule has 0 bridgehead atoms. The van der Waals surface area contributed by atoms with E-state index in [4.69, 9.17) is 16.2 Å². The number of primary amides is 1. The number of amides is 2. The summed E-state index contributed by atoms with van der Waals surface area (Å²) in [6.45, 7) is 0.212. The molecule has 8 heteroatoms. The molecular weight excluding hydrogens is 278 g/mol. The summed E-state index contributed by atoms with van der Waals surface area (Å²) in [5.74, 6) is -1.43. The van der Waals surface area contributed by atoms with E-state index < -0.39 is 24.6 Å². The second-order valence-corrected chi connectivity index (χ2v) is 3.98. The van der Waals surface area contributed by atoms with Gasteiger partial charge in [-0.25, -0.2) is 9.59 Å². The molecule has 0 aliphatic carbocycles. The highest BCUT2D eigenvalue weighted by molar-refractivity contribution is 5.95. The zero-order valence-corrected chi connectivity index (χ0v) is 11.3. The lowest BCUT2D eigenvalue weighted by molar-refractivity contribution is -0.139. The summed E-state index contributed by atoms with van der Waals surface area (Å²) >= 11 is 0. The first-order valence-electron chi connectivity index (χ1n) is 6.24. The average Bonchev–Trinajstić information content (AvgIpc) is 2.45. The molecule has 0 atom stereocenters. The fourth-order valence-electron chi connectivity index (χ4n) is 1.39. The van der Waals surface area contributed by atoms with Gasteiger partial charge in [0.25, 0.3) is 5.91 Å². The van der Waals surface area contributed by atoms with Crippen molar-refractivity contribution in [1.82, 2.24) is 5.32 Å². The van der Waals surface area contributed by atoms with E-state index >= 15 is 0 Å². The Hall–Kier alpha value is -2.61. The summed E-state index contributed by atoms with van der Waals surface area (Å²) in [6.07, 6.45) is -0.300. The SMILES string of the molecule is NCCCNC(=O)OC(=O)COc1ccccc1C(N)=O. The number of nitrogens with two attached hydrogens (primary N) is 2. The van der Waals surface area contributed by atoms with Gasteiger partial charge in [0.05, 0.1) is 5.56 Å². The van der Waals surface area contributed by atoms with Crippen molar-refractivity contribution in [3.63, 3.8) is 0 Å². The molecule has 0 aliphatic rings. The molecule has 0 saturated heterocycles. The predicted molar refractivity (Wildman–Crippen MR) is 73.6 cm³/mol. The van der Waals surface area contributed by atoms with Gasteiger partial charge in [0.1, 0.15) is 5.75 Å². The van der Waals surface area contributed by atoms with Crippen molar-refractivity contribution >= 4 is 18.0 Å². The Kier molecular flexibility index (Phi) is 6.69. The van der Waals surface area contributed by atoms with E-state index in [-0.39, 0.29) is 11.3 Å². The molecule has 1 aromatic carbocycles. The normalized spacial score (nSPS) is 9.76. The first-order valence-corrected chi connectivity index (χ1v) is 6.24. The van der Waals surface area contributed by atoms with Crippen LogP contribution in [0.5, 0.6) is 5.75 Å². The molecule has 0 heterocycles. The highest BCUT2D eigenvalue weighted by Crippen LogP contribution is 2.16. The van der Waals surface area contributed by atoms with Gasteiger partial charge >= 0.3 is 12.1 Å². The third-order valence-electron chi connectivity index (χ3n) is 2.35. The maximum Gasteiger partial charge on any atom is 0.414 e. The van der Waals surface area contributed by atoms with E-state index in [1.807, 2.05) is 0 Å². The first kappa shape index (κ1) is 16.4. The van der Waals surface area contributed by atoms with E-state index in [1.54, 1.807) is 12.1 Å². The molecule has 2 amide bonds. The zero-order valence-electron chi connectivity index (χ0n) is 11.3. The third kappa shape index (κ3) is 5.91. The lowest BCUT2D eigenvalue weighted by atomic mass is 10.2. The van der Waals surface area contributed by atoms with Gasteiger partial charge in [-0.1, -0.05) is 12.1 Å². The van der Waals surface area contributed by atoms with Crippen LogP contribution in [0, 0.1) is 0 Å². The number of ether oxygens (including phenoxy) is 2. The molecule has 0 saturated carbocycles. The number of benzene rings is 1. The van der Waals surface area contributed by atoms with Crippen molar-refractivity contribution in [2.24, 2.45) is 11.5 Å². The number of hydrogen-bond acceptors (Lipinski definition) is 6. The van der Waals surface area contributed by atoms with Gasteiger partial charge in [0.2, 0.25) is 0 Å². The van der Waals surface area contributed by atoms with E-state index in [0.717, 1.165) is 0 Å². The second kappa shape index (κ2) is 8.54. The van der Waals surface area contributed by atoms with Gasteiger partial charge < -0.3 is 26.3 Å². The molecule has 0 aromatic heterocycles. The van der Waals surface area contributed by atoms with Crippen LogP contribution >= 0.6 is 0 Å². The number of para-hydroxylation sites is 1. The Labute approximate surface area is 121 Å². The highest BCUT2D eigenvalue weighted by Gasteiger charge is 2.13. The molecule has 0 fully saturated rings. The lowest BCUT2D eigenvalue weighted by Crippen LogP contribution is -2.30. The monoisotopic (exact) mass is 295 g/mol. The van der Waals surface area contributed by atoms with Crippen LogP contribution in [0.3, 0.4) is 0 Å². The topological polar surface area (TPSA) is 134 Å². The van der Waals surface area contributed by atoms with Crippen molar-refractivity contribution in [3.8, 4) is 5.75 Å². The maximum absolute atomic E-state index is 11.4.